The van der Waals surface area contributed by atoms with E-state index in [9.17, 15) is 18.0 Å². The Morgan fingerprint density at radius 1 is 1.41 bits per heavy atom. The fourth-order valence-electron chi connectivity index (χ4n) is 2.62. The number of H-pyrrole nitrogens is 1. The lowest BCUT2D eigenvalue weighted by Gasteiger charge is -2.30. The van der Waals surface area contributed by atoms with E-state index < -0.39 is 30.2 Å². The van der Waals surface area contributed by atoms with E-state index in [1.54, 1.807) is 18.5 Å². The van der Waals surface area contributed by atoms with Gasteiger partial charge in [0, 0.05) is 23.3 Å². The largest absolute Gasteiger partial charge is 0.356 e. The molecule has 0 saturated heterocycles. The highest BCUT2D eigenvalue weighted by atomic mass is 19.3. The van der Waals surface area contributed by atoms with Crippen LogP contribution in [0.4, 0.5) is 13.2 Å². The third-order valence-corrected chi connectivity index (χ3v) is 4.02. The Hall–Kier alpha value is -3.04. The van der Waals surface area contributed by atoms with Gasteiger partial charge in [-0.1, -0.05) is 0 Å². The van der Waals surface area contributed by atoms with Crippen molar-refractivity contribution < 1.29 is 18.0 Å². The summed E-state index contributed by atoms with van der Waals surface area (Å²) in [4.78, 5) is 23.5. The molecule has 7 nitrogen and oxygen atoms in total. The van der Waals surface area contributed by atoms with Gasteiger partial charge in [0.25, 0.3) is 6.43 Å². The van der Waals surface area contributed by atoms with Gasteiger partial charge in [0.1, 0.15) is 22.8 Å². The molecule has 2 aromatic heterocycles. The Labute approximate surface area is 153 Å². The molecule has 144 valence electrons. The Morgan fingerprint density at radius 2 is 2.19 bits per heavy atom. The molecule has 0 spiro atoms. The van der Waals surface area contributed by atoms with E-state index >= 15 is 0 Å². The lowest BCUT2D eigenvalue weighted by molar-refractivity contribution is -0.126. The number of fused-ring (bicyclic) bond motifs is 1. The van der Waals surface area contributed by atoms with Crippen molar-refractivity contribution >= 4 is 22.8 Å². The summed E-state index contributed by atoms with van der Waals surface area (Å²) < 4.78 is 38.9. The van der Waals surface area contributed by atoms with Gasteiger partial charge in [-0.2, -0.15) is 0 Å². The molecule has 27 heavy (non-hydrogen) atoms. The molecule has 0 unspecified atom stereocenters. The topological polar surface area (TPSA) is 94.2 Å². The Bertz CT molecular complexity index is 918. The van der Waals surface area contributed by atoms with Crippen LogP contribution >= 0.6 is 0 Å². The third kappa shape index (κ3) is 4.04. The zero-order valence-electron chi connectivity index (χ0n) is 14.7. The molecule has 0 atom stereocenters. The minimum absolute atomic E-state index is 0.0320. The van der Waals surface area contributed by atoms with Crippen LogP contribution in [0.5, 0.6) is 0 Å². The maximum Gasteiger partial charge on any atom is 0.255 e. The van der Waals surface area contributed by atoms with Crippen LogP contribution < -0.4 is 16.0 Å². The van der Waals surface area contributed by atoms with Crippen molar-refractivity contribution in [3.05, 3.63) is 41.7 Å². The van der Waals surface area contributed by atoms with Crippen molar-refractivity contribution in [3.63, 3.8) is 0 Å². The van der Waals surface area contributed by atoms with E-state index in [1.165, 1.54) is 13.8 Å². The van der Waals surface area contributed by atoms with E-state index in [-0.39, 0.29) is 12.4 Å². The molecule has 1 aliphatic heterocycles. The number of carbonyl (C=O) groups excluding carboxylic acids is 1. The van der Waals surface area contributed by atoms with Crippen LogP contribution in [0.25, 0.3) is 11.0 Å². The minimum atomic E-state index is -2.66. The van der Waals surface area contributed by atoms with E-state index in [0.29, 0.717) is 17.0 Å². The van der Waals surface area contributed by atoms with Gasteiger partial charge in [-0.15, -0.1) is 0 Å². The van der Waals surface area contributed by atoms with Crippen LogP contribution in [-0.2, 0) is 4.79 Å². The Kier molecular flexibility index (Phi) is 5.06. The predicted molar refractivity (Wildman–Crippen MR) is 95.0 cm³/mol. The number of hydrogen-bond acceptors (Lipinski definition) is 5. The number of nitrogens with zero attached hydrogens (tertiary/aromatic N) is 2. The number of halogens is 3. The van der Waals surface area contributed by atoms with Crippen LogP contribution in [0.2, 0.25) is 0 Å². The summed E-state index contributed by atoms with van der Waals surface area (Å²) in [5.74, 6) is -0.894. The first-order valence-corrected chi connectivity index (χ1v) is 8.25. The molecule has 3 rings (SSSR count). The highest BCUT2D eigenvalue weighted by Gasteiger charge is 2.31. The zero-order valence-corrected chi connectivity index (χ0v) is 14.7. The monoisotopic (exact) mass is 380 g/mol. The van der Waals surface area contributed by atoms with Gasteiger partial charge in [-0.25, -0.2) is 18.2 Å². The molecule has 1 amide bonds. The van der Waals surface area contributed by atoms with Crippen molar-refractivity contribution in [2.45, 2.75) is 25.8 Å². The van der Waals surface area contributed by atoms with Gasteiger partial charge < -0.3 is 20.9 Å². The van der Waals surface area contributed by atoms with Gasteiger partial charge in [0.2, 0.25) is 5.91 Å². The molecule has 1 aliphatic rings. The van der Waals surface area contributed by atoms with Crippen LogP contribution in [0, 0.1) is 0 Å². The van der Waals surface area contributed by atoms with Crippen LogP contribution in [-0.4, -0.2) is 46.8 Å². The summed E-state index contributed by atoms with van der Waals surface area (Å²) in [6, 6.07) is 3.62. The number of nitrogens with one attached hydrogen (secondary N) is 4. The number of aromatic nitrogens is 2. The lowest BCUT2D eigenvalue weighted by Crippen LogP contribution is -2.55. The number of aromatic amines is 1. The summed E-state index contributed by atoms with van der Waals surface area (Å²) >= 11 is 0. The fourth-order valence-corrected chi connectivity index (χ4v) is 2.62. The molecular formula is C17H19F3N6O. The smallest absolute Gasteiger partial charge is 0.255 e. The molecule has 0 saturated carbocycles. The van der Waals surface area contributed by atoms with Crippen molar-refractivity contribution in [3.8, 4) is 0 Å². The number of alkyl halides is 2. The highest BCUT2D eigenvalue weighted by molar-refractivity contribution is 6.09. The lowest BCUT2D eigenvalue weighted by atomic mass is 10.0. The standard InChI is InChI=1S/C17H19F3N6O/c1-17(2,16(27)24-8-12(19)20)26-15-11(18)7-23-14(25-15)10-6-22-13-9(10)4-3-5-21-13/h3-6,12,26H,7-8H2,1-2H3,(H,21,22)(H,23,25)(H,24,27). The van der Waals surface area contributed by atoms with Crippen molar-refractivity contribution in [1.29, 1.82) is 0 Å². The Balaban J connectivity index is 1.76. The van der Waals surface area contributed by atoms with Gasteiger partial charge in [0.15, 0.2) is 5.83 Å². The molecule has 0 aromatic carbocycles. The van der Waals surface area contributed by atoms with E-state index in [4.69, 9.17) is 0 Å². The van der Waals surface area contributed by atoms with Gasteiger partial charge >= 0.3 is 0 Å². The SMILES string of the molecule is CC(C)(NC1=C(F)CN=C(c2c[nH]c3ncccc23)N1)C(=O)NCC(F)F. The van der Waals surface area contributed by atoms with Gasteiger partial charge in [0.05, 0.1) is 13.1 Å². The average Bonchev–Trinajstić information content (AvgIpc) is 3.05. The number of aliphatic imine (C=N–C) groups is 1. The molecule has 4 N–H and O–H groups in total. The quantitative estimate of drug-likeness (QED) is 0.615. The van der Waals surface area contributed by atoms with Crippen LogP contribution in [0.3, 0.4) is 0 Å². The summed E-state index contributed by atoms with van der Waals surface area (Å²) in [7, 11) is 0. The van der Waals surface area contributed by atoms with Crippen molar-refractivity contribution in [1.82, 2.24) is 25.9 Å². The van der Waals surface area contributed by atoms with Crippen molar-refractivity contribution in [2.24, 2.45) is 4.99 Å². The maximum absolute atomic E-state index is 14.3. The van der Waals surface area contributed by atoms with E-state index in [0.717, 1.165) is 5.39 Å². The molecule has 0 bridgehead atoms. The number of hydrogen-bond donors (Lipinski definition) is 4. The zero-order chi connectivity index (χ0) is 19.6. The number of rotatable bonds is 6. The number of carbonyl (C=O) groups is 1. The second-order valence-electron chi connectivity index (χ2n) is 6.52. The number of pyridine rings is 1. The third-order valence-electron chi connectivity index (χ3n) is 4.02. The second kappa shape index (κ2) is 7.29. The maximum atomic E-state index is 14.3. The molecule has 0 aliphatic carbocycles. The molecular weight excluding hydrogens is 361 g/mol. The first-order valence-electron chi connectivity index (χ1n) is 8.25. The van der Waals surface area contributed by atoms with Gasteiger partial charge in [-0.05, 0) is 26.0 Å². The number of amides is 1. The van der Waals surface area contributed by atoms with Crippen molar-refractivity contribution in [2.75, 3.05) is 13.1 Å². The summed E-state index contributed by atoms with van der Waals surface area (Å²) in [6.45, 7) is 1.95. The average molecular weight is 380 g/mol. The molecule has 0 fully saturated rings. The molecule has 10 heteroatoms. The van der Waals surface area contributed by atoms with Gasteiger partial charge in [-0.3, -0.25) is 9.79 Å². The number of amidine groups is 1. The minimum Gasteiger partial charge on any atom is -0.356 e. The van der Waals surface area contributed by atoms with E-state index in [1.807, 2.05) is 6.07 Å². The molecule has 3 heterocycles. The summed E-state index contributed by atoms with van der Waals surface area (Å²) in [5, 5.41) is 8.51. The Morgan fingerprint density at radius 3 is 2.93 bits per heavy atom. The molecule has 2 aromatic rings. The fraction of sp³-hybridized carbons (Fsp3) is 0.353. The highest BCUT2D eigenvalue weighted by Crippen LogP contribution is 2.20. The van der Waals surface area contributed by atoms with Crippen LogP contribution in [0.1, 0.15) is 19.4 Å². The summed E-state index contributed by atoms with van der Waals surface area (Å²) in [6.07, 6.45) is 0.680. The van der Waals surface area contributed by atoms with Crippen LogP contribution in [0.15, 0.2) is 41.2 Å². The second-order valence-corrected chi connectivity index (χ2v) is 6.52. The summed E-state index contributed by atoms with van der Waals surface area (Å²) in [5.41, 5.74) is 0.0387. The predicted octanol–water partition coefficient (Wildman–Crippen LogP) is 1.80. The molecule has 0 radical (unpaired) electrons. The first-order chi connectivity index (χ1) is 12.8. The van der Waals surface area contributed by atoms with E-state index in [2.05, 4.69) is 30.9 Å². The normalized spacial score (nSPS) is 15.0. The first kappa shape index (κ1) is 18.7.